The number of hydrogen-bond acceptors (Lipinski definition) is 3. The largest absolute Gasteiger partial charge is 0.367 e. The van der Waals surface area contributed by atoms with Gasteiger partial charge in [-0.05, 0) is 37.1 Å². The number of benzene rings is 1. The molecule has 0 unspecified atom stereocenters. The van der Waals surface area contributed by atoms with E-state index in [0.29, 0.717) is 16.4 Å². The van der Waals surface area contributed by atoms with Gasteiger partial charge in [-0.1, -0.05) is 24.4 Å². The summed E-state index contributed by atoms with van der Waals surface area (Å²) >= 11 is 5.85. The van der Waals surface area contributed by atoms with Gasteiger partial charge < -0.3 is 4.90 Å². The number of carbonyl (C=O) groups excluding carboxylic acids is 2. The van der Waals surface area contributed by atoms with E-state index in [0.717, 1.165) is 25.9 Å². The number of likely N-dealkylation sites (tertiary alicyclic amines) is 1. The Morgan fingerprint density at radius 3 is 2.14 bits per heavy atom. The summed E-state index contributed by atoms with van der Waals surface area (Å²) in [5.41, 5.74) is 1.09. The van der Waals surface area contributed by atoms with Crippen LogP contribution in [0.15, 0.2) is 36.0 Å². The van der Waals surface area contributed by atoms with Crippen molar-refractivity contribution in [1.29, 1.82) is 0 Å². The lowest BCUT2D eigenvalue weighted by molar-refractivity contribution is -0.120. The lowest BCUT2D eigenvalue weighted by atomic mass is 10.2. The van der Waals surface area contributed by atoms with Crippen molar-refractivity contribution in [1.82, 2.24) is 4.90 Å². The minimum absolute atomic E-state index is 0.232. The second kappa shape index (κ2) is 5.90. The second-order valence-electron chi connectivity index (χ2n) is 5.39. The normalized spacial score (nSPS) is 19.8. The fraction of sp³-hybridized carbons (Fsp3) is 0.375. The zero-order valence-electron chi connectivity index (χ0n) is 11.7. The summed E-state index contributed by atoms with van der Waals surface area (Å²) in [4.78, 5) is 28.0. The number of carbonyl (C=O) groups is 2. The summed E-state index contributed by atoms with van der Waals surface area (Å²) in [7, 11) is 0. The van der Waals surface area contributed by atoms with Crippen molar-refractivity contribution in [2.24, 2.45) is 0 Å². The van der Waals surface area contributed by atoms with Gasteiger partial charge in [-0.25, -0.2) is 4.90 Å². The molecule has 2 aliphatic heterocycles. The zero-order chi connectivity index (χ0) is 14.8. The van der Waals surface area contributed by atoms with Crippen LogP contribution in [0.25, 0.3) is 0 Å². The third kappa shape index (κ3) is 2.81. The van der Waals surface area contributed by atoms with Crippen molar-refractivity contribution in [3.05, 3.63) is 41.1 Å². The fourth-order valence-corrected chi connectivity index (χ4v) is 2.96. The van der Waals surface area contributed by atoms with Gasteiger partial charge in [0.2, 0.25) is 0 Å². The third-order valence-corrected chi connectivity index (χ3v) is 4.19. The molecule has 4 nitrogen and oxygen atoms in total. The van der Waals surface area contributed by atoms with Gasteiger partial charge >= 0.3 is 0 Å². The smallest absolute Gasteiger partial charge is 0.281 e. The molecule has 1 fully saturated rings. The number of nitrogens with zero attached hydrogens (tertiary/aromatic N) is 2. The van der Waals surface area contributed by atoms with E-state index in [1.54, 1.807) is 24.3 Å². The van der Waals surface area contributed by atoms with E-state index in [2.05, 4.69) is 0 Å². The molecule has 0 radical (unpaired) electrons. The molecule has 1 aromatic carbocycles. The van der Waals surface area contributed by atoms with Gasteiger partial charge in [-0.2, -0.15) is 0 Å². The van der Waals surface area contributed by atoms with Crippen LogP contribution in [0.2, 0.25) is 5.02 Å². The van der Waals surface area contributed by atoms with Crippen LogP contribution >= 0.6 is 11.6 Å². The monoisotopic (exact) mass is 304 g/mol. The molecule has 1 aromatic rings. The SMILES string of the molecule is O=C1C=C(N2CCCCCC2)C(=O)N1c1ccc(Cl)cc1. The quantitative estimate of drug-likeness (QED) is 0.789. The predicted octanol–water partition coefficient (Wildman–Crippen LogP) is 2.97. The van der Waals surface area contributed by atoms with Gasteiger partial charge in [0.05, 0.1) is 5.69 Å². The van der Waals surface area contributed by atoms with E-state index < -0.39 is 0 Å². The zero-order valence-corrected chi connectivity index (χ0v) is 12.5. The number of amides is 2. The summed E-state index contributed by atoms with van der Waals surface area (Å²) in [6.45, 7) is 1.69. The van der Waals surface area contributed by atoms with Gasteiger partial charge in [0.1, 0.15) is 5.70 Å². The Hall–Kier alpha value is -1.81. The molecule has 0 bridgehead atoms. The molecule has 21 heavy (non-hydrogen) atoms. The highest BCUT2D eigenvalue weighted by atomic mass is 35.5. The van der Waals surface area contributed by atoms with Crippen LogP contribution in [0.5, 0.6) is 0 Å². The van der Waals surface area contributed by atoms with Crippen LogP contribution in [0.1, 0.15) is 25.7 Å². The molecule has 0 spiro atoms. The van der Waals surface area contributed by atoms with Crippen molar-refractivity contribution in [2.45, 2.75) is 25.7 Å². The van der Waals surface area contributed by atoms with E-state index in [9.17, 15) is 9.59 Å². The Morgan fingerprint density at radius 2 is 1.52 bits per heavy atom. The second-order valence-corrected chi connectivity index (χ2v) is 5.82. The van der Waals surface area contributed by atoms with Crippen molar-refractivity contribution in [3.63, 3.8) is 0 Å². The fourth-order valence-electron chi connectivity index (χ4n) is 2.83. The maximum absolute atomic E-state index is 12.6. The minimum Gasteiger partial charge on any atom is -0.367 e. The van der Waals surface area contributed by atoms with E-state index in [4.69, 9.17) is 11.6 Å². The maximum atomic E-state index is 12.6. The molecule has 2 amide bonds. The Bertz CT molecular complexity index is 587. The first-order valence-electron chi connectivity index (χ1n) is 7.27. The van der Waals surface area contributed by atoms with E-state index in [1.165, 1.54) is 23.8 Å². The summed E-state index contributed by atoms with van der Waals surface area (Å²) in [6.07, 6.45) is 5.97. The van der Waals surface area contributed by atoms with E-state index in [-0.39, 0.29) is 11.8 Å². The summed E-state index contributed by atoms with van der Waals surface area (Å²) in [5.74, 6) is -0.509. The summed E-state index contributed by atoms with van der Waals surface area (Å²) < 4.78 is 0. The van der Waals surface area contributed by atoms with Crippen LogP contribution in [-0.2, 0) is 9.59 Å². The van der Waals surface area contributed by atoms with Gasteiger partial charge in [0.15, 0.2) is 0 Å². The minimum atomic E-state index is -0.276. The maximum Gasteiger partial charge on any atom is 0.281 e. The Kier molecular flexibility index (Phi) is 3.97. The molecule has 1 saturated heterocycles. The first-order chi connectivity index (χ1) is 10.2. The topological polar surface area (TPSA) is 40.6 Å². The Balaban J connectivity index is 1.83. The first-order valence-corrected chi connectivity index (χ1v) is 7.65. The standard InChI is InChI=1S/C16H17ClN2O2/c17-12-5-7-13(8-6-12)19-15(20)11-14(16(19)21)18-9-3-1-2-4-10-18/h5-8,11H,1-4,9-10H2. The summed E-state index contributed by atoms with van der Waals surface area (Å²) in [5, 5.41) is 0.582. The molecule has 110 valence electrons. The molecule has 0 N–H and O–H groups in total. The number of rotatable bonds is 2. The first kappa shape index (κ1) is 14.1. The van der Waals surface area contributed by atoms with Crippen LogP contribution in [0, 0.1) is 0 Å². The molecular weight excluding hydrogens is 288 g/mol. The average molecular weight is 305 g/mol. The van der Waals surface area contributed by atoms with Crippen LogP contribution < -0.4 is 4.90 Å². The van der Waals surface area contributed by atoms with Gasteiger partial charge in [-0.15, -0.1) is 0 Å². The molecule has 0 saturated carbocycles. The molecule has 0 aliphatic carbocycles. The van der Waals surface area contributed by atoms with Crippen LogP contribution in [0.3, 0.4) is 0 Å². The third-order valence-electron chi connectivity index (χ3n) is 3.93. The lowest BCUT2D eigenvalue weighted by Gasteiger charge is -2.23. The van der Waals surface area contributed by atoms with Gasteiger partial charge in [0.25, 0.3) is 11.8 Å². The van der Waals surface area contributed by atoms with E-state index in [1.807, 2.05) is 4.90 Å². The lowest BCUT2D eigenvalue weighted by Crippen LogP contribution is -2.35. The molecule has 3 rings (SSSR count). The number of hydrogen-bond donors (Lipinski definition) is 0. The van der Waals surface area contributed by atoms with Crippen molar-refractivity contribution in [3.8, 4) is 0 Å². The molecule has 2 heterocycles. The highest BCUT2D eigenvalue weighted by Crippen LogP contribution is 2.27. The average Bonchev–Trinajstić information content (AvgIpc) is 2.69. The van der Waals surface area contributed by atoms with Crippen molar-refractivity contribution in [2.75, 3.05) is 18.0 Å². The molecule has 0 atom stereocenters. The molecular formula is C16H17ClN2O2. The predicted molar refractivity (Wildman–Crippen MR) is 82.1 cm³/mol. The van der Waals surface area contributed by atoms with Gasteiger partial charge in [0, 0.05) is 24.2 Å². The Labute approximate surface area is 129 Å². The molecule has 2 aliphatic rings. The number of imide groups is 1. The highest BCUT2D eigenvalue weighted by Gasteiger charge is 2.35. The number of anilines is 1. The summed E-state index contributed by atoms with van der Waals surface area (Å²) in [6, 6.07) is 6.75. The van der Waals surface area contributed by atoms with Crippen LogP contribution in [0.4, 0.5) is 5.69 Å². The van der Waals surface area contributed by atoms with E-state index >= 15 is 0 Å². The van der Waals surface area contributed by atoms with Crippen molar-refractivity contribution < 1.29 is 9.59 Å². The Morgan fingerprint density at radius 1 is 0.905 bits per heavy atom. The van der Waals surface area contributed by atoms with Crippen LogP contribution in [-0.4, -0.2) is 29.8 Å². The molecule has 5 heteroatoms. The number of halogens is 1. The highest BCUT2D eigenvalue weighted by molar-refractivity contribution is 6.32. The molecule has 0 aromatic heterocycles. The van der Waals surface area contributed by atoms with Crippen molar-refractivity contribution >= 4 is 29.1 Å². The van der Waals surface area contributed by atoms with Gasteiger partial charge in [-0.3, -0.25) is 9.59 Å².